The van der Waals surface area contributed by atoms with Gasteiger partial charge >= 0.3 is 0 Å². The van der Waals surface area contributed by atoms with Gasteiger partial charge in [-0.3, -0.25) is 4.79 Å². The first kappa shape index (κ1) is 13.2. The summed E-state index contributed by atoms with van der Waals surface area (Å²) < 4.78 is 32.4. The van der Waals surface area contributed by atoms with Gasteiger partial charge in [0.1, 0.15) is 17.3 Å². The van der Waals surface area contributed by atoms with Gasteiger partial charge in [0, 0.05) is 25.6 Å². The highest BCUT2D eigenvalue weighted by Crippen LogP contribution is 2.15. The molecular weight excluding hydrogens is 254 g/mol. The smallest absolute Gasteiger partial charge is 0.211 e. The first-order valence-corrected chi connectivity index (χ1v) is 5.56. The lowest BCUT2D eigenvalue weighted by Crippen LogP contribution is -2.06. The number of carbonyl (C=O) groups excluding carboxylic acids is 1. The van der Waals surface area contributed by atoms with Gasteiger partial charge in [-0.25, -0.2) is 13.5 Å². The molecule has 0 unspecified atom stereocenters. The lowest BCUT2D eigenvalue weighted by molar-refractivity contribution is 0.0987. The molecule has 2 aromatic rings. The second-order valence-electron chi connectivity index (χ2n) is 4.07. The van der Waals surface area contributed by atoms with Crippen LogP contribution in [0.5, 0.6) is 5.88 Å². The maximum atomic E-state index is 13.0. The summed E-state index contributed by atoms with van der Waals surface area (Å²) in [6.45, 7) is 0. The summed E-state index contributed by atoms with van der Waals surface area (Å²) in [6.07, 6.45) is -0.116. The molecule has 0 amide bonds. The van der Waals surface area contributed by atoms with Crippen molar-refractivity contribution < 1.29 is 18.3 Å². The van der Waals surface area contributed by atoms with Crippen molar-refractivity contribution >= 4 is 5.78 Å². The fraction of sp³-hybridized carbons (Fsp3) is 0.231. The molecule has 6 heteroatoms. The van der Waals surface area contributed by atoms with Crippen LogP contribution in [0, 0.1) is 11.6 Å². The number of ether oxygens (including phenoxy) is 1. The molecule has 1 aromatic heterocycles. The molecule has 0 saturated heterocycles. The minimum atomic E-state index is -0.707. The largest absolute Gasteiger partial charge is 0.481 e. The van der Waals surface area contributed by atoms with E-state index in [9.17, 15) is 13.6 Å². The maximum Gasteiger partial charge on any atom is 0.211 e. The third kappa shape index (κ3) is 2.96. The third-order valence-electron chi connectivity index (χ3n) is 2.62. The number of methoxy groups -OCH3 is 1. The van der Waals surface area contributed by atoms with E-state index in [1.54, 1.807) is 7.05 Å². The van der Waals surface area contributed by atoms with Gasteiger partial charge in [-0.05, 0) is 17.7 Å². The van der Waals surface area contributed by atoms with Crippen molar-refractivity contribution in [2.45, 2.75) is 6.42 Å². The lowest BCUT2D eigenvalue weighted by Gasteiger charge is -1.99. The number of hydrogen-bond acceptors (Lipinski definition) is 3. The highest BCUT2D eigenvalue weighted by atomic mass is 19.1. The zero-order valence-electron chi connectivity index (χ0n) is 10.5. The molecule has 0 bridgehead atoms. The molecule has 1 heterocycles. The first-order chi connectivity index (χ1) is 8.99. The Bertz CT molecular complexity index is 603. The molecule has 0 N–H and O–H groups in total. The summed E-state index contributed by atoms with van der Waals surface area (Å²) in [5.41, 5.74) is 0.469. The summed E-state index contributed by atoms with van der Waals surface area (Å²) in [5.74, 6) is -1.31. The molecule has 0 radical (unpaired) electrons. The van der Waals surface area contributed by atoms with Crippen LogP contribution in [-0.2, 0) is 13.5 Å². The van der Waals surface area contributed by atoms with Crippen molar-refractivity contribution in [3.63, 3.8) is 0 Å². The van der Waals surface area contributed by atoms with E-state index in [4.69, 9.17) is 4.74 Å². The van der Waals surface area contributed by atoms with Crippen LogP contribution in [0.2, 0.25) is 0 Å². The summed E-state index contributed by atoms with van der Waals surface area (Å²) in [5, 5.41) is 3.98. The van der Waals surface area contributed by atoms with E-state index in [0.717, 1.165) is 18.2 Å². The van der Waals surface area contributed by atoms with Crippen LogP contribution in [0.3, 0.4) is 0 Å². The fourth-order valence-corrected chi connectivity index (χ4v) is 1.77. The van der Waals surface area contributed by atoms with E-state index >= 15 is 0 Å². The van der Waals surface area contributed by atoms with Crippen molar-refractivity contribution in [1.29, 1.82) is 0 Å². The Labute approximate surface area is 108 Å². The van der Waals surface area contributed by atoms with Crippen LogP contribution in [0.15, 0.2) is 24.3 Å². The summed E-state index contributed by atoms with van der Waals surface area (Å²) in [7, 11) is 3.10. The number of aromatic nitrogens is 2. The molecule has 2 rings (SSSR count). The number of halogens is 2. The van der Waals surface area contributed by atoms with E-state index in [1.807, 2.05) is 0 Å². The predicted octanol–water partition coefficient (Wildman–Crippen LogP) is 2.13. The second kappa shape index (κ2) is 5.17. The molecular formula is C13H12F2N2O2. The molecule has 0 aliphatic heterocycles. The quantitative estimate of drug-likeness (QED) is 0.796. The van der Waals surface area contributed by atoms with Crippen molar-refractivity contribution in [3.05, 3.63) is 47.2 Å². The number of carbonyl (C=O) groups is 1. The Morgan fingerprint density at radius 3 is 2.42 bits per heavy atom. The van der Waals surface area contributed by atoms with Crippen LogP contribution in [-0.4, -0.2) is 22.7 Å². The Morgan fingerprint density at radius 1 is 1.26 bits per heavy atom. The first-order valence-electron chi connectivity index (χ1n) is 5.56. The molecule has 1 aromatic carbocycles. The van der Waals surface area contributed by atoms with Crippen molar-refractivity contribution in [2.75, 3.05) is 7.11 Å². The van der Waals surface area contributed by atoms with Crippen LogP contribution in [0.1, 0.15) is 16.1 Å². The van der Waals surface area contributed by atoms with Crippen LogP contribution in [0.25, 0.3) is 0 Å². The van der Waals surface area contributed by atoms with Gasteiger partial charge < -0.3 is 4.74 Å². The molecule has 0 aliphatic carbocycles. The normalized spacial score (nSPS) is 10.5. The molecule has 0 fully saturated rings. The van der Waals surface area contributed by atoms with Gasteiger partial charge in [-0.2, -0.15) is 5.10 Å². The monoisotopic (exact) mass is 266 g/mol. The van der Waals surface area contributed by atoms with Crippen molar-refractivity contribution in [2.24, 2.45) is 7.05 Å². The Morgan fingerprint density at radius 2 is 1.89 bits per heavy atom. The predicted molar refractivity (Wildman–Crippen MR) is 64.2 cm³/mol. The average molecular weight is 266 g/mol. The van der Waals surface area contributed by atoms with E-state index in [0.29, 0.717) is 5.88 Å². The Hall–Kier alpha value is -2.24. The van der Waals surface area contributed by atoms with Gasteiger partial charge in [0.2, 0.25) is 5.88 Å². The van der Waals surface area contributed by atoms with Gasteiger partial charge in [0.25, 0.3) is 0 Å². The molecule has 0 spiro atoms. The minimum absolute atomic E-state index is 0.116. The lowest BCUT2D eigenvalue weighted by atomic mass is 10.1. The Balaban J connectivity index is 2.20. The standard InChI is InChI=1S/C13H12F2N2O2/c1-17-13(19-2)7-11(16-17)12(18)5-8-3-9(14)6-10(15)4-8/h3-4,6-7H,5H2,1-2H3. The summed E-state index contributed by atoms with van der Waals surface area (Å²) in [4.78, 5) is 11.9. The van der Waals surface area contributed by atoms with Gasteiger partial charge in [-0.15, -0.1) is 0 Å². The molecule has 0 saturated carbocycles. The highest BCUT2D eigenvalue weighted by Gasteiger charge is 2.14. The minimum Gasteiger partial charge on any atom is -0.481 e. The average Bonchev–Trinajstić information content (AvgIpc) is 2.69. The van der Waals surface area contributed by atoms with E-state index in [2.05, 4.69) is 5.10 Å². The molecule has 0 atom stereocenters. The summed E-state index contributed by atoms with van der Waals surface area (Å²) >= 11 is 0. The summed E-state index contributed by atoms with van der Waals surface area (Å²) in [6, 6.07) is 4.50. The number of ketones is 1. The van der Waals surface area contributed by atoms with Crippen LogP contribution < -0.4 is 4.74 Å². The van der Waals surface area contributed by atoms with Gasteiger partial charge in [0.15, 0.2) is 5.78 Å². The number of benzene rings is 1. The van der Waals surface area contributed by atoms with Gasteiger partial charge in [0.05, 0.1) is 7.11 Å². The van der Waals surface area contributed by atoms with E-state index in [-0.39, 0.29) is 23.5 Å². The third-order valence-corrected chi connectivity index (χ3v) is 2.62. The number of hydrogen-bond donors (Lipinski definition) is 0. The Kier molecular flexibility index (Phi) is 3.59. The van der Waals surface area contributed by atoms with E-state index in [1.165, 1.54) is 17.9 Å². The topological polar surface area (TPSA) is 44.1 Å². The van der Waals surface area contributed by atoms with E-state index < -0.39 is 11.6 Å². The second-order valence-corrected chi connectivity index (χ2v) is 4.07. The molecule has 4 nitrogen and oxygen atoms in total. The van der Waals surface area contributed by atoms with Gasteiger partial charge in [-0.1, -0.05) is 0 Å². The van der Waals surface area contributed by atoms with Crippen molar-refractivity contribution in [1.82, 2.24) is 9.78 Å². The van der Waals surface area contributed by atoms with Crippen LogP contribution >= 0.6 is 0 Å². The number of nitrogens with zero attached hydrogens (tertiary/aromatic N) is 2. The molecule has 100 valence electrons. The number of aryl methyl sites for hydroxylation is 1. The maximum absolute atomic E-state index is 13.0. The molecule has 19 heavy (non-hydrogen) atoms. The fourth-order valence-electron chi connectivity index (χ4n) is 1.77. The molecule has 0 aliphatic rings. The number of Topliss-reactive ketones (excluding diaryl/α,β-unsaturated/α-hetero) is 1. The van der Waals surface area contributed by atoms with Crippen molar-refractivity contribution in [3.8, 4) is 5.88 Å². The zero-order valence-corrected chi connectivity index (χ0v) is 10.5. The van der Waals surface area contributed by atoms with Crippen LogP contribution in [0.4, 0.5) is 8.78 Å². The SMILES string of the molecule is COc1cc(C(=O)Cc2cc(F)cc(F)c2)nn1C. The number of rotatable bonds is 4. The zero-order chi connectivity index (χ0) is 14.0. The highest BCUT2D eigenvalue weighted by molar-refractivity contribution is 5.96.